The molecule has 0 spiro atoms. The number of carbonyl (C=O) groups is 1. The van der Waals surface area contributed by atoms with E-state index in [0.717, 1.165) is 6.92 Å². The van der Waals surface area contributed by atoms with Crippen LogP contribution in [0.1, 0.15) is 34.1 Å². The number of aliphatic hydroxyl groups excluding tert-OH is 10. The van der Waals surface area contributed by atoms with Crippen molar-refractivity contribution in [2.45, 2.75) is 157 Å². The Balaban J connectivity index is 1.73. The van der Waals surface area contributed by atoms with Gasteiger partial charge in [-0.2, -0.15) is 0 Å². The molecule has 4 fully saturated rings. The molecular weight excluding hydrogens is 666 g/mol. The summed E-state index contributed by atoms with van der Waals surface area (Å²) in [7, 11) is 0. The first-order valence-electron chi connectivity index (χ1n) is 16.3. The highest BCUT2D eigenvalue weighted by molar-refractivity contribution is 5.73. The Morgan fingerprint density at radius 3 is 1.71 bits per heavy atom. The van der Waals surface area contributed by atoms with E-state index < -0.39 is 142 Å². The second-order valence-electron chi connectivity index (χ2n) is 12.7. The molecule has 0 aliphatic carbocycles. The molecule has 0 bridgehead atoms. The fourth-order valence-electron chi connectivity index (χ4n) is 6.14. The van der Waals surface area contributed by atoms with E-state index in [-0.39, 0.29) is 6.61 Å². The van der Waals surface area contributed by atoms with E-state index in [2.05, 4.69) is 5.32 Å². The van der Waals surface area contributed by atoms with Gasteiger partial charge in [-0.05, 0) is 20.3 Å². The molecule has 0 aromatic rings. The number of hydrogen-bond donors (Lipinski definition) is 11. The van der Waals surface area contributed by atoms with Gasteiger partial charge in [-0.25, -0.2) is 0 Å². The summed E-state index contributed by atoms with van der Waals surface area (Å²) in [6, 6.07) is -1.49. The second kappa shape index (κ2) is 17.5. The number of ether oxygens (including phenoxy) is 8. The van der Waals surface area contributed by atoms with Gasteiger partial charge in [-0.15, -0.1) is 0 Å². The van der Waals surface area contributed by atoms with Crippen LogP contribution in [0, 0.1) is 0 Å². The van der Waals surface area contributed by atoms with E-state index in [1.54, 1.807) is 0 Å². The van der Waals surface area contributed by atoms with Crippen molar-refractivity contribution >= 4 is 5.91 Å². The molecule has 20 nitrogen and oxygen atoms in total. The van der Waals surface area contributed by atoms with Gasteiger partial charge in [0.25, 0.3) is 0 Å². The number of carbonyl (C=O) groups excluding carboxylic acids is 1. The van der Waals surface area contributed by atoms with E-state index in [1.165, 1.54) is 13.8 Å². The van der Waals surface area contributed by atoms with Crippen LogP contribution in [-0.4, -0.2) is 200 Å². The van der Waals surface area contributed by atoms with Gasteiger partial charge in [-0.1, -0.05) is 6.92 Å². The van der Waals surface area contributed by atoms with Crippen molar-refractivity contribution in [1.29, 1.82) is 0 Å². The minimum Gasteiger partial charge on any atom is -0.394 e. The number of amides is 1. The van der Waals surface area contributed by atoms with Crippen molar-refractivity contribution in [3.05, 3.63) is 0 Å². The van der Waals surface area contributed by atoms with Gasteiger partial charge in [0.2, 0.25) is 5.91 Å². The van der Waals surface area contributed by atoms with Crippen LogP contribution in [0.4, 0.5) is 0 Å². The third-order valence-electron chi connectivity index (χ3n) is 9.00. The van der Waals surface area contributed by atoms with Gasteiger partial charge in [0.15, 0.2) is 25.2 Å². The molecule has 1 amide bonds. The number of rotatable bonds is 12. The van der Waals surface area contributed by atoms with Crippen LogP contribution >= 0.6 is 0 Å². The predicted octanol–water partition coefficient (Wildman–Crippen LogP) is -6.12. The van der Waals surface area contributed by atoms with E-state index in [1.807, 2.05) is 6.92 Å². The molecule has 20 atom stereocenters. The topological polar surface area (TPSA) is 305 Å². The fourth-order valence-corrected chi connectivity index (χ4v) is 6.14. The zero-order valence-electron chi connectivity index (χ0n) is 27.5. The minimum absolute atomic E-state index is 0.167. The molecule has 4 aliphatic rings. The van der Waals surface area contributed by atoms with E-state index in [9.17, 15) is 55.9 Å². The summed E-state index contributed by atoms with van der Waals surface area (Å²) in [5, 5.41) is 108. The monoisotopic (exact) mass is 717 g/mol. The molecule has 0 aromatic heterocycles. The van der Waals surface area contributed by atoms with E-state index in [4.69, 9.17) is 37.9 Å². The summed E-state index contributed by atoms with van der Waals surface area (Å²) in [6.07, 6.45) is -29.3. The first-order chi connectivity index (χ1) is 23.1. The number of nitrogens with one attached hydrogen (secondary N) is 1. The standard InChI is InChI=1S/C29H51NO19/c1-5-6-42-28-24(21(40)15(34)9(2)43-28)48-29-25(49-26-14(30-11(4)33)19(38)17(36)12(7-31)45-26)23(16(35)10(3)44-29)47-27-22(41)20(39)18(37)13(8-32)46-27/h9-10,12-29,31-32,34-41H,5-8H2,1-4H3,(H,30,33)/t9-,10-,12+,13+,14+,15-,16-,17+,18+,19+,20-,21+,22+,23+,24+,25+,26-,27-,28+,29-/m0/s1. The van der Waals surface area contributed by atoms with Gasteiger partial charge in [0.1, 0.15) is 85.4 Å². The molecule has 49 heavy (non-hydrogen) atoms. The molecule has 286 valence electrons. The van der Waals surface area contributed by atoms with Crippen molar-refractivity contribution in [3.63, 3.8) is 0 Å². The normalized spacial score (nSPS) is 49.4. The second-order valence-corrected chi connectivity index (χ2v) is 12.7. The Hall–Kier alpha value is -1.25. The third-order valence-corrected chi connectivity index (χ3v) is 9.00. The van der Waals surface area contributed by atoms with Crippen LogP contribution in [0.2, 0.25) is 0 Å². The number of aliphatic hydroxyl groups is 10. The predicted molar refractivity (Wildman–Crippen MR) is 157 cm³/mol. The van der Waals surface area contributed by atoms with Crippen molar-refractivity contribution in [2.24, 2.45) is 0 Å². The summed E-state index contributed by atoms with van der Waals surface area (Å²) in [4.78, 5) is 12.1. The van der Waals surface area contributed by atoms with Crippen LogP contribution in [0.25, 0.3) is 0 Å². The molecule has 0 aromatic carbocycles. The molecule has 0 unspecified atom stereocenters. The van der Waals surface area contributed by atoms with E-state index in [0.29, 0.717) is 6.42 Å². The van der Waals surface area contributed by atoms with Crippen LogP contribution in [0.5, 0.6) is 0 Å². The molecule has 4 aliphatic heterocycles. The highest BCUT2D eigenvalue weighted by atomic mass is 16.8. The molecule has 4 rings (SSSR count). The summed E-state index contributed by atoms with van der Waals surface area (Å²) < 4.78 is 47.0. The van der Waals surface area contributed by atoms with Crippen molar-refractivity contribution in [2.75, 3.05) is 19.8 Å². The minimum atomic E-state index is -1.92. The Morgan fingerprint density at radius 1 is 0.592 bits per heavy atom. The lowest BCUT2D eigenvalue weighted by Crippen LogP contribution is -2.69. The lowest BCUT2D eigenvalue weighted by Gasteiger charge is -2.50. The first kappa shape index (κ1) is 40.5. The number of hydrogen-bond acceptors (Lipinski definition) is 19. The van der Waals surface area contributed by atoms with Gasteiger partial charge < -0.3 is 94.3 Å². The average Bonchev–Trinajstić information content (AvgIpc) is 3.07. The SMILES string of the molecule is CCCO[C@@H]1O[C@@H](C)[C@H](O)[C@@H](O)[C@H]1O[C@@H]1O[C@@H](C)[C@H](O)[C@@H](O[C@@H]2O[C@H](CO)[C@@H](O)[C@H](O)[C@H]2O)[C@H]1O[C@@H]1O[C@H](CO)[C@@H](O)[C@H](O)[C@H]1NC(C)=O. The fraction of sp³-hybridized carbons (Fsp3) is 0.966. The van der Waals surface area contributed by atoms with Crippen molar-refractivity contribution in [3.8, 4) is 0 Å². The Bertz CT molecular complexity index is 1040. The molecule has 20 heteroatoms. The zero-order valence-corrected chi connectivity index (χ0v) is 27.5. The maximum absolute atomic E-state index is 12.1. The van der Waals surface area contributed by atoms with Crippen molar-refractivity contribution < 1.29 is 93.8 Å². The summed E-state index contributed by atoms with van der Waals surface area (Å²) in [5.74, 6) is -0.673. The summed E-state index contributed by atoms with van der Waals surface area (Å²) >= 11 is 0. The Labute approximate surface area is 281 Å². The van der Waals surface area contributed by atoms with Gasteiger partial charge in [0, 0.05) is 13.5 Å². The Kier molecular flexibility index (Phi) is 14.5. The van der Waals surface area contributed by atoms with Gasteiger partial charge >= 0.3 is 0 Å². The highest BCUT2D eigenvalue weighted by Gasteiger charge is 2.56. The molecular formula is C29H51NO19. The molecule has 4 heterocycles. The molecule has 0 saturated carbocycles. The lowest BCUT2D eigenvalue weighted by atomic mass is 9.95. The van der Waals surface area contributed by atoms with E-state index >= 15 is 0 Å². The lowest BCUT2D eigenvalue weighted by molar-refractivity contribution is -0.401. The molecule has 0 radical (unpaired) electrons. The largest absolute Gasteiger partial charge is 0.394 e. The summed E-state index contributed by atoms with van der Waals surface area (Å²) in [5.41, 5.74) is 0. The quantitative estimate of drug-likeness (QED) is 0.0895. The molecule has 11 N–H and O–H groups in total. The van der Waals surface area contributed by atoms with Crippen LogP contribution in [0.3, 0.4) is 0 Å². The average molecular weight is 718 g/mol. The van der Waals surface area contributed by atoms with Crippen molar-refractivity contribution in [1.82, 2.24) is 5.32 Å². The Morgan fingerprint density at radius 2 is 1.12 bits per heavy atom. The maximum Gasteiger partial charge on any atom is 0.217 e. The van der Waals surface area contributed by atoms with Gasteiger partial charge in [0.05, 0.1) is 25.4 Å². The summed E-state index contributed by atoms with van der Waals surface area (Å²) in [6.45, 7) is 4.45. The smallest absolute Gasteiger partial charge is 0.217 e. The van der Waals surface area contributed by atoms with Gasteiger partial charge in [-0.3, -0.25) is 4.79 Å². The third kappa shape index (κ3) is 8.87. The van der Waals surface area contributed by atoms with Crippen LogP contribution in [0.15, 0.2) is 0 Å². The first-order valence-corrected chi connectivity index (χ1v) is 16.3. The highest BCUT2D eigenvalue weighted by Crippen LogP contribution is 2.36. The molecule has 4 saturated heterocycles. The zero-order chi connectivity index (χ0) is 36.3. The van der Waals surface area contributed by atoms with Crippen LogP contribution < -0.4 is 5.32 Å². The maximum atomic E-state index is 12.1. The van der Waals surface area contributed by atoms with Crippen LogP contribution in [-0.2, 0) is 42.7 Å².